The predicted molar refractivity (Wildman–Crippen MR) is 105 cm³/mol. The summed E-state index contributed by atoms with van der Waals surface area (Å²) in [6, 6.07) is 10.1. The molecule has 146 valence electrons. The van der Waals surface area contributed by atoms with Crippen LogP contribution in [0, 0.1) is 0 Å². The minimum absolute atomic E-state index is 0.229. The van der Waals surface area contributed by atoms with Crippen molar-refractivity contribution in [3.63, 3.8) is 0 Å². The second-order valence-electron chi connectivity index (χ2n) is 6.52. The van der Waals surface area contributed by atoms with E-state index in [2.05, 4.69) is 20.3 Å². The predicted octanol–water partition coefficient (Wildman–Crippen LogP) is 2.91. The second kappa shape index (κ2) is 8.47. The minimum Gasteiger partial charge on any atom is -0.454 e. The lowest BCUT2D eigenvalue weighted by Gasteiger charge is -2.24. The quantitative estimate of drug-likeness (QED) is 0.721. The van der Waals surface area contributed by atoms with Crippen LogP contribution in [0.15, 0.2) is 67.4 Å². The summed E-state index contributed by atoms with van der Waals surface area (Å²) < 4.78 is 5.84. The van der Waals surface area contributed by atoms with Gasteiger partial charge in [-0.2, -0.15) is 0 Å². The highest BCUT2D eigenvalue weighted by Crippen LogP contribution is 2.30. The molecule has 8 heteroatoms. The van der Waals surface area contributed by atoms with E-state index in [1.807, 2.05) is 12.1 Å². The van der Waals surface area contributed by atoms with Gasteiger partial charge in [-0.3, -0.25) is 19.6 Å². The monoisotopic (exact) mass is 389 g/mol. The number of amides is 2. The molecule has 0 unspecified atom stereocenters. The maximum atomic E-state index is 13.0. The Balaban J connectivity index is 1.50. The van der Waals surface area contributed by atoms with E-state index >= 15 is 0 Å². The highest BCUT2D eigenvalue weighted by Gasteiger charge is 2.35. The molecule has 0 aliphatic carbocycles. The van der Waals surface area contributed by atoms with E-state index in [9.17, 15) is 9.59 Å². The number of nitrogens with one attached hydrogen (secondary N) is 1. The first-order chi connectivity index (χ1) is 14.2. The molecule has 29 heavy (non-hydrogen) atoms. The van der Waals surface area contributed by atoms with Crippen molar-refractivity contribution in [2.75, 3.05) is 11.9 Å². The van der Waals surface area contributed by atoms with Gasteiger partial charge in [0.15, 0.2) is 5.75 Å². The third-order valence-electron chi connectivity index (χ3n) is 4.61. The van der Waals surface area contributed by atoms with Gasteiger partial charge in [-0.05, 0) is 37.1 Å². The average Bonchev–Trinajstić information content (AvgIpc) is 3.26. The Hall–Kier alpha value is -3.81. The van der Waals surface area contributed by atoms with Gasteiger partial charge < -0.3 is 15.0 Å². The van der Waals surface area contributed by atoms with Crippen LogP contribution in [0.1, 0.15) is 23.3 Å². The van der Waals surface area contributed by atoms with E-state index < -0.39 is 6.04 Å². The van der Waals surface area contributed by atoms with Crippen LogP contribution in [-0.4, -0.2) is 44.3 Å². The fourth-order valence-corrected chi connectivity index (χ4v) is 3.25. The Morgan fingerprint density at radius 3 is 2.69 bits per heavy atom. The summed E-state index contributed by atoms with van der Waals surface area (Å²) >= 11 is 0. The largest absolute Gasteiger partial charge is 0.454 e. The highest BCUT2D eigenvalue weighted by molar-refractivity contribution is 6.01. The molecule has 0 saturated carbocycles. The number of rotatable bonds is 5. The van der Waals surface area contributed by atoms with Crippen LogP contribution in [0.2, 0.25) is 0 Å². The fraction of sp³-hybridized carbons (Fsp3) is 0.190. The molecular formula is C21H19N5O3. The SMILES string of the molecule is O=C(Nc1ccccc1Oc1cccnc1)[C@@H]1CCCN1C(=O)c1cnccn1. The third kappa shape index (κ3) is 4.21. The molecule has 2 aromatic heterocycles. The van der Waals surface area contributed by atoms with E-state index in [4.69, 9.17) is 4.74 Å². The van der Waals surface area contributed by atoms with Crippen LogP contribution in [0.25, 0.3) is 0 Å². The zero-order valence-corrected chi connectivity index (χ0v) is 15.6. The summed E-state index contributed by atoms with van der Waals surface area (Å²) in [5.41, 5.74) is 0.757. The van der Waals surface area contributed by atoms with E-state index in [1.165, 1.54) is 18.6 Å². The van der Waals surface area contributed by atoms with Gasteiger partial charge in [-0.15, -0.1) is 0 Å². The Morgan fingerprint density at radius 1 is 1.03 bits per heavy atom. The van der Waals surface area contributed by atoms with Crippen molar-refractivity contribution >= 4 is 17.5 Å². The summed E-state index contributed by atoms with van der Waals surface area (Å²) in [5.74, 6) is 0.505. The van der Waals surface area contributed by atoms with Crippen LogP contribution in [0.5, 0.6) is 11.5 Å². The van der Waals surface area contributed by atoms with Gasteiger partial charge >= 0.3 is 0 Å². The van der Waals surface area contributed by atoms with Gasteiger partial charge in [0.05, 0.1) is 18.1 Å². The zero-order chi connectivity index (χ0) is 20.1. The van der Waals surface area contributed by atoms with E-state index in [1.54, 1.807) is 41.6 Å². The van der Waals surface area contributed by atoms with Crippen LogP contribution in [-0.2, 0) is 4.79 Å². The maximum Gasteiger partial charge on any atom is 0.274 e. The molecule has 4 rings (SSSR count). The molecule has 1 aliphatic rings. The number of anilines is 1. The lowest BCUT2D eigenvalue weighted by atomic mass is 10.2. The molecule has 3 heterocycles. The molecule has 1 fully saturated rings. The summed E-state index contributed by atoms with van der Waals surface area (Å²) in [5, 5.41) is 2.89. The summed E-state index contributed by atoms with van der Waals surface area (Å²) in [4.78, 5) is 39.2. The van der Waals surface area contributed by atoms with Gasteiger partial charge in [-0.25, -0.2) is 4.98 Å². The number of ether oxygens (including phenoxy) is 1. The molecule has 0 radical (unpaired) electrons. The number of pyridine rings is 1. The smallest absolute Gasteiger partial charge is 0.274 e. The van der Waals surface area contributed by atoms with Gasteiger partial charge in [-0.1, -0.05) is 12.1 Å². The lowest BCUT2D eigenvalue weighted by Crippen LogP contribution is -2.43. The number of nitrogens with zero attached hydrogens (tertiary/aromatic N) is 4. The van der Waals surface area contributed by atoms with Crippen molar-refractivity contribution in [2.45, 2.75) is 18.9 Å². The molecule has 1 atom stereocenters. The molecule has 1 aromatic carbocycles. The number of carbonyl (C=O) groups excluding carboxylic acids is 2. The average molecular weight is 389 g/mol. The van der Waals surface area contributed by atoms with Crippen molar-refractivity contribution in [2.24, 2.45) is 0 Å². The lowest BCUT2D eigenvalue weighted by molar-refractivity contribution is -0.119. The van der Waals surface area contributed by atoms with Crippen LogP contribution in [0.4, 0.5) is 5.69 Å². The molecule has 0 spiro atoms. The summed E-state index contributed by atoms with van der Waals surface area (Å²) in [6.07, 6.45) is 8.96. The number of likely N-dealkylation sites (tertiary alicyclic amines) is 1. The minimum atomic E-state index is -0.573. The number of benzene rings is 1. The molecule has 1 saturated heterocycles. The van der Waals surface area contributed by atoms with Crippen molar-refractivity contribution in [1.82, 2.24) is 19.9 Å². The number of carbonyl (C=O) groups is 2. The molecule has 8 nitrogen and oxygen atoms in total. The summed E-state index contributed by atoms with van der Waals surface area (Å²) in [6.45, 7) is 0.501. The first-order valence-corrected chi connectivity index (χ1v) is 9.27. The van der Waals surface area contributed by atoms with E-state index in [-0.39, 0.29) is 17.5 Å². The Morgan fingerprint density at radius 2 is 1.90 bits per heavy atom. The van der Waals surface area contributed by atoms with Gasteiger partial charge in [0.1, 0.15) is 17.5 Å². The van der Waals surface area contributed by atoms with Crippen molar-refractivity contribution in [3.8, 4) is 11.5 Å². The standard InChI is InChI=1S/C21H19N5O3/c27-20(18-7-4-12-26(18)21(28)17-14-23-10-11-24-17)25-16-6-1-2-8-19(16)29-15-5-3-9-22-13-15/h1-3,5-6,8-11,13-14,18H,4,7,12H2,(H,25,27)/t18-/m0/s1. The second-order valence-corrected chi connectivity index (χ2v) is 6.52. The van der Waals surface area contributed by atoms with Crippen LogP contribution >= 0.6 is 0 Å². The molecule has 0 bridgehead atoms. The normalized spacial score (nSPS) is 15.7. The first-order valence-electron chi connectivity index (χ1n) is 9.27. The Labute approximate surface area is 167 Å². The van der Waals surface area contributed by atoms with Crippen molar-refractivity contribution < 1.29 is 14.3 Å². The fourth-order valence-electron chi connectivity index (χ4n) is 3.25. The van der Waals surface area contributed by atoms with Gasteiger partial charge in [0, 0.05) is 25.1 Å². The van der Waals surface area contributed by atoms with Crippen molar-refractivity contribution in [3.05, 3.63) is 73.1 Å². The van der Waals surface area contributed by atoms with Crippen LogP contribution in [0.3, 0.4) is 0 Å². The molecule has 1 N–H and O–H groups in total. The molecular weight excluding hydrogens is 370 g/mol. The molecule has 2 amide bonds. The number of hydrogen-bond donors (Lipinski definition) is 1. The Bertz CT molecular complexity index is 997. The molecule has 3 aromatic rings. The number of para-hydroxylation sites is 2. The van der Waals surface area contributed by atoms with E-state index in [0.717, 1.165) is 6.42 Å². The number of hydrogen-bond acceptors (Lipinski definition) is 6. The third-order valence-corrected chi connectivity index (χ3v) is 4.61. The first kappa shape index (κ1) is 18.5. The topological polar surface area (TPSA) is 97.3 Å². The van der Waals surface area contributed by atoms with Crippen molar-refractivity contribution in [1.29, 1.82) is 0 Å². The van der Waals surface area contributed by atoms with Gasteiger partial charge in [0.2, 0.25) is 5.91 Å². The highest BCUT2D eigenvalue weighted by atomic mass is 16.5. The zero-order valence-electron chi connectivity index (χ0n) is 15.6. The Kier molecular flexibility index (Phi) is 5.42. The van der Waals surface area contributed by atoms with Crippen LogP contribution < -0.4 is 10.1 Å². The van der Waals surface area contributed by atoms with Gasteiger partial charge in [0.25, 0.3) is 5.91 Å². The summed E-state index contributed by atoms with van der Waals surface area (Å²) in [7, 11) is 0. The number of aromatic nitrogens is 3. The maximum absolute atomic E-state index is 13.0. The van der Waals surface area contributed by atoms with E-state index in [0.29, 0.717) is 30.2 Å². The molecule has 1 aliphatic heterocycles.